The molecule has 1 aromatic carbocycles. The van der Waals surface area contributed by atoms with Crippen molar-refractivity contribution in [3.05, 3.63) is 29.8 Å². The average Bonchev–Trinajstić information content (AvgIpc) is 2.37. The SMILES string of the molecule is CCCCCN(C(=O)Cc1ccccc1N)C(C)C. The van der Waals surface area contributed by atoms with E-state index in [1.54, 1.807) is 0 Å². The van der Waals surface area contributed by atoms with Crippen molar-refractivity contribution >= 4 is 11.6 Å². The molecule has 1 rings (SSSR count). The minimum absolute atomic E-state index is 0.170. The van der Waals surface area contributed by atoms with Gasteiger partial charge < -0.3 is 10.6 Å². The number of para-hydroxylation sites is 1. The first kappa shape index (κ1) is 15.5. The van der Waals surface area contributed by atoms with E-state index in [-0.39, 0.29) is 11.9 Å². The van der Waals surface area contributed by atoms with Crippen LogP contribution < -0.4 is 5.73 Å². The highest BCUT2D eigenvalue weighted by molar-refractivity contribution is 5.80. The van der Waals surface area contributed by atoms with E-state index in [1.807, 2.05) is 29.2 Å². The van der Waals surface area contributed by atoms with Crippen molar-refractivity contribution in [2.24, 2.45) is 0 Å². The standard InChI is InChI=1S/C16H26N2O/c1-4-5-8-11-18(13(2)3)16(19)12-14-9-6-7-10-15(14)17/h6-7,9-10,13H,4-5,8,11-12,17H2,1-3H3. The molecule has 3 heteroatoms. The second-order valence-electron chi connectivity index (χ2n) is 5.26. The first-order chi connectivity index (χ1) is 9.06. The van der Waals surface area contributed by atoms with Gasteiger partial charge in [-0.15, -0.1) is 0 Å². The Morgan fingerprint density at radius 2 is 1.95 bits per heavy atom. The Morgan fingerprint density at radius 1 is 1.26 bits per heavy atom. The second-order valence-corrected chi connectivity index (χ2v) is 5.26. The van der Waals surface area contributed by atoms with Gasteiger partial charge in [-0.25, -0.2) is 0 Å². The number of nitrogens with two attached hydrogens (primary N) is 1. The maximum atomic E-state index is 12.4. The Balaban J connectivity index is 2.64. The summed E-state index contributed by atoms with van der Waals surface area (Å²) in [7, 11) is 0. The maximum absolute atomic E-state index is 12.4. The number of carbonyl (C=O) groups is 1. The number of hydrogen-bond donors (Lipinski definition) is 1. The summed E-state index contributed by atoms with van der Waals surface area (Å²) in [5, 5.41) is 0. The predicted molar refractivity (Wildman–Crippen MR) is 80.9 cm³/mol. The van der Waals surface area contributed by atoms with Gasteiger partial charge in [0.15, 0.2) is 0 Å². The summed E-state index contributed by atoms with van der Waals surface area (Å²) in [6.45, 7) is 7.15. The third kappa shape index (κ3) is 4.93. The molecule has 1 amide bonds. The lowest BCUT2D eigenvalue weighted by Gasteiger charge is -2.27. The normalized spacial score (nSPS) is 10.7. The zero-order valence-corrected chi connectivity index (χ0v) is 12.4. The Labute approximate surface area is 116 Å². The molecule has 0 atom stereocenters. The van der Waals surface area contributed by atoms with E-state index in [1.165, 1.54) is 12.8 Å². The summed E-state index contributed by atoms with van der Waals surface area (Å²) in [6.07, 6.45) is 3.82. The van der Waals surface area contributed by atoms with Crippen LogP contribution in [-0.4, -0.2) is 23.4 Å². The molecule has 106 valence electrons. The van der Waals surface area contributed by atoms with Crippen molar-refractivity contribution in [2.45, 2.75) is 52.5 Å². The fraction of sp³-hybridized carbons (Fsp3) is 0.562. The summed E-state index contributed by atoms with van der Waals surface area (Å²) in [6, 6.07) is 7.84. The number of nitrogen functional groups attached to an aromatic ring is 1. The highest BCUT2D eigenvalue weighted by Crippen LogP contribution is 2.14. The van der Waals surface area contributed by atoms with Crippen molar-refractivity contribution in [1.82, 2.24) is 4.90 Å². The molecule has 0 fully saturated rings. The van der Waals surface area contributed by atoms with Gasteiger partial charge in [0.1, 0.15) is 0 Å². The Morgan fingerprint density at radius 3 is 2.53 bits per heavy atom. The molecule has 0 unspecified atom stereocenters. The molecule has 0 aromatic heterocycles. The van der Waals surface area contributed by atoms with Gasteiger partial charge in [0.05, 0.1) is 6.42 Å². The number of nitrogens with zero attached hydrogens (tertiary/aromatic N) is 1. The number of carbonyl (C=O) groups excluding carboxylic acids is 1. The van der Waals surface area contributed by atoms with E-state index < -0.39 is 0 Å². The molecule has 0 radical (unpaired) electrons. The molecule has 0 saturated heterocycles. The lowest BCUT2D eigenvalue weighted by molar-refractivity contribution is -0.132. The molecule has 0 saturated carbocycles. The fourth-order valence-electron chi connectivity index (χ4n) is 2.16. The number of rotatable bonds is 7. The van der Waals surface area contributed by atoms with Crippen LogP contribution in [0.2, 0.25) is 0 Å². The maximum Gasteiger partial charge on any atom is 0.227 e. The topological polar surface area (TPSA) is 46.3 Å². The van der Waals surface area contributed by atoms with Crippen LogP contribution in [0.15, 0.2) is 24.3 Å². The molecule has 0 bridgehead atoms. The van der Waals surface area contributed by atoms with E-state index in [0.29, 0.717) is 12.1 Å². The summed E-state index contributed by atoms with van der Waals surface area (Å²) in [4.78, 5) is 14.3. The zero-order valence-electron chi connectivity index (χ0n) is 12.4. The molecule has 0 aliphatic rings. The number of hydrogen-bond acceptors (Lipinski definition) is 2. The van der Waals surface area contributed by atoms with Crippen LogP contribution in [0, 0.1) is 0 Å². The van der Waals surface area contributed by atoms with Gasteiger partial charge in [0.2, 0.25) is 5.91 Å². The third-order valence-electron chi connectivity index (χ3n) is 3.34. The van der Waals surface area contributed by atoms with Gasteiger partial charge in [0.25, 0.3) is 0 Å². The van der Waals surface area contributed by atoms with Crippen LogP contribution in [-0.2, 0) is 11.2 Å². The van der Waals surface area contributed by atoms with E-state index >= 15 is 0 Å². The molecule has 0 aliphatic heterocycles. The minimum Gasteiger partial charge on any atom is -0.398 e. The van der Waals surface area contributed by atoms with Crippen LogP contribution in [0.3, 0.4) is 0 Å². The summed E-state index contributed by atoms with van der Waals surface area (Å²) in [5.74, 6) is 0.170. The van der Waals surface area contributed by atoms with Gasteiger partial charge in [-0.05, 0) is 31.9 Å². The molecule has 3 nitrogen and oxygen atoms in total. The van der Waals surface area contributed by atoms with Gasteiger partial charge >= 0.3 is 0 Å². The van der Waals surface area contributed by atoms with Gasteiger partial charge in [-0.3, -0.25) is 4.79 Å². The number of amides is 1. The first-order valence-electron chi connectivity index (χ1n) is 7.19. The predicted octanol–water partition coefficient (Wildman–Crippen LogP) is 3.24. The molecule has 19 heavy (non-hydrogen) atoms. The lowest BCUT2D eigenvalue weighted by Crippen LogP contribution is -2.38. The zero-order chi connectivity index (χ0) is 14.3. The lowest BCUT2D eigenvalue weighted by atomic mass is 10.1. The van der Waals surface area contributed by atoms with E-state index in [9.17, 15) is 4.79 Å². The molecule has 0 aliphatic carbocycles. The smallest absolute Gasteiger partial charge is 0.227 e. The molecular weight excluding hydrogens is 236 g/mol. The number of unbranched alkanes of at least 4 members (excludes halogenated alkanes) is 2. The van der Waals surface area contributed by atoms with Crippen LogP contribution in [0.5, 0.6) is 0 Å². The van der Waals surface area contributed by atoms with Crippen molar-refractivity contribution in [3.8, 4) is 0 Å². The minimum atomic E-state index is 0.170. The van der Waals surface area contributed by atoms with Crippen LogP contribution in [0.25, 0.3) is 0 Å². The summed E-state index contributed by atoms with van der Waals surface area (Å²) < 4.78 is 0. The summed E-state index contributed by atoms with van der Waals surface area (Å²) >= 11 is 0. The van der Waals surface area contributed by atoms with Crippen molar-refractivity contribution in [1.29, 1.82) is 0 Å². The highest BCUT2D eigenvalue weighted by Gasteiger charge is 2.17. The van der Waals surface area contributed by atoms with Gasteiger partial charge in [0, 0.05) is 18.3 Å². The van der Waals surface area contributed by atoms with Crippen molar-refractivity contribution in [2.75, 3.05) is 12.3 Å². The van der Waals surface area contributed by atoms with Crippen molar-refractivity contribution in [3.63, 3.8) is 0 Å². The average molecular weight is 262 g/mol. The molecule has 0 heterocycles. The van der Waals surface area contributed by atoms with E-state index in [4.69, 9.17) is 5.73 Å². The van der Waals surface area contributed by atoms with E-state index in [2.05, 4.69) is 20.8 Å². The Hall–Kier alpha value is -1.51. The molecule has 0 spiro atoms. The largest absolute Gasteiger partial charge is 0.398 e. The summed E-state index contributed by atoms with van der Waals surface area (Å²) in [5.41, 5.74) is 7.52. The van der Waals surface area contributed by atoms with E-state index in [0.717, 1.165) is 18.5 Å². The van der Waals surface area contributed by atoms with Crippen LogP contribution in [0.4, 0.5) is 5.69 Å². The third-order valence-corrected chi connectivity index (χ3v) is 3.34. The number of benzene rings is 1. The molecule has 1 aromatic rings. The molecule has 2 N–H and O–H groups in total. The Bertz CT molecular complexity index is 401. The highest BCUT2D eigenvalue weighted by atomic mass is 16.2. The van der Waals surface area contributed by atoms with Gasteiger partial charge in [-0.1, -0.05) is 38.0 Å². The number of anilines is 1. The Kier molecular flexibility index (Phi) is 6.40. The fourth-order valence-corrected chi connectivity index (χ4v) is 2.16. The van der Waals surface area contributed by atoms with Crippen LogP contribution in [0.1, 0.15) is 45.6 Å². The quantitative estimate of drug-likeness (QED) is 0.605. The first-order valence-corrected chi connectivity index (χ1v) is 7.19. The van der Waals surface area contributed by atoms with Gasteiger partial charge in [-0.2, -0.15) is 0 Å². The monoisotopic (exact) mass is 262 g/mol. The molecular formula is C16H26N2O. The second kappa shape index (κ2) is 7.82. The van der Waals surface area contributed by atoms with Crippen molar-refractivity contribution < 1.29 is 4.79 Å². The van der Waals surface area contributed by atoms with Crippen LogP contribution >= 0.6 is 0 Å².